The Balaban J connectivity index is 2.32. The zero-order valence-corrected chi connectivity index (χ0v) is 13.6. The third kappa shape index (κ3) is 3.42. The normalized spacial score (nSPS) is 13.3. The van der Waals surface area contributed by atoms with Gasteiger partial charge in [0.15, 0.2) is 0 Å². The monoisotopic (exact) mass is 377 g/mol. The zero-order chi connectivity index (χ0) is 15.8. The summed E-state index contributed by atoms with van der Waals surface area (Å²) < 4.78 is 45.7. The molecule has 114 valence electrons. The van der Waals surface area contributed by atoms with Crippen molar-refractivity contribution in [3.05, 3.63) is 40.3 Å². The Bertz CT molecular complexity index is 776. The predicted molar refractivity (Wildman–Crippen MR) is 78.5 cm³/mol. The predicted octanol–water partition coefficient (Wildman–Crippen LogP) is 2.51. The quantitative estimate of drug-likeness (QED) is 0.797. The van der Waals surface area contributed by atoms with E-state index in [0.717, 1.165) is 12.1 Å². The molecular formula is C12H13BrFN3O3S. The summed E-state index contributed by atoms with van der Waals surface area (Å²) in [5.41, 5.74) is 5.16. The van der Waals surface area contributed by atoms with Crippen LogP contribution in [-0.4, -0.2) is 13.4 Å². The number of sulfonamides is 1. The number of hydrogen-bond acceptors (Lipinski definition) is 5. The van der Waals surface area contributed by atoms with Crippen molar-refractivity contribution in [2.24, 2.45) is 0 Å². The third-order valence-corrected chi connectivity index (χ3v) is 5.18. The summed E-state index contributed by atoms with van der Waals surface area (Å²) in [6.45, 7) is 3.29. The second-order valence-electron chi connectivity index (χ2n) is 4.46. The number of nitrogens with one attached hydrogen (secondary N) is 1. The van der Waals surface area contributed by atoms with Crippen molar-refractivity contribution < 1.29 is 17.2 Å². The lowest BCUT2D eigenvalue weighted by Gasteiger charge is -2.13. The Morgan fingerprint density at radius 2 is 2.14 bits per heavy atom. The van der Waals surface area contributed by atoms with Crippen LogP contribution in [0.5, 0.6) is 0 Å². The van der Waals surface area contributed by atoms with Gasteiger partial charge in [0.2, 0.25) is 15.9 Å². The Morgan fingerprint density at radius 3 is 2.71 bits per heavy atom. The van der Waals surface area contributed by atoms with Crippen LogP contribution in [0.4, 0.5) is 10.1 Å². The Morgan fingerprint density at radius 1 is 1.48 bits per heavy atom. The molecule has 1 aromatic heterocycles. The van der Waals surface area contributed by atoms with Crippen LogP contribution in [0.1, 0.15) is 24.6 Å². The number of nitrogen functional groups attached to an aromatic ring is 1. The van der Waals surface area contributed by atoms with Gasteiger partial charge < -0.3 is 10.2 Å². The van der Waals surface area contributed by atoms with Gasteiger partial charge in [0.1, 0.15) is 11.6 Å². The smallest absolute Gasteiger partial charge is 0.242 e. The number of hydrogen-bond donors (Lipinski definition) is 2. The number of aryl methyl sites for hydroxylation is 1. The van der Waals surface area contributed by atoms with Crippen LogP contribution in [0.3, 0.4) is 0 Å². The molecule has 6 nitrogen and oxygen atoms in total. The van der Waals surface area contributed by atoms with E-state index in [2.05, 4.69) is 25.6 Å². The van der Waals surface area contributed by atoms with Gasteiger partial charge in [0.25, 0.3) is 0 Å². The fraction of sp³-hybridized carbons (Fsp3) is 0.250. The Hall–Kier alpha value is -1.45. The first kappa shape index (κ1) is 15.9. The minimum Gasteiger partial charge on any atom is -0.444 e. The van der Waals surface area contributed by atoms with E-state index in [1.807, 2.05) is 0 Å². The molecule has 2 rings (SSSR count). The molecule has 0 saturated heterocycles. The maximum absolute atomic E-state index is 13.3. The highest BCUT2D eigenvalue weighted by Gasteiger charge is 2.24. The minimum absolute atomic E-state index is 0.0810. The van der Waals surface area contributed by atoms with E-state index in [9.17, 15) is 12.8 Å². The summed E-state index contributed by atoms with van der Waals surface area (Å²) in [5.74, 6) is 0.114. The van der Waals surface area contributed by atoms with Gasteiger partial charge in [-0.25, -0.2) is 17.8 Å². The van der Waals surface area contributed by atoms with Gasteiger partial charge in [-0.3, -0.25) is 0 Å². The summed E-state index contributed by atoms with van der Waals surface area (Å²) >= 11 is 3.01. The summed E-state index contributed by atoms with van der Waals surface area (Å²) in [7, 11) is -3.91. The number of rotatable bonds is 4. The van der Waals surface area contributed by atoms with Gasteiger partial charge in [-0.1, -0.05) is 0 Å². The maximum atomic E-state index is 13.3. The number of nitrogens with two attached hydrogens (primary N) is 1. The van der Waals surface area contributed by atoms with Crippen molar-refractivity contribution in [3.63, 3.8) is 0 Å². The van der Waals surface area contributed by atoms with Crippen LogP contribution in [-0.2, 0) is 10.0 Å². The lowest BCUT2D eigenvalue weighted by molar-refractivity contribution is 0.427. The van der Waals surface area contributed by atoms with Crippen LogP contribution in [0.2, 0.25) is 0 Å². The summed E-state index contributed by atoms with van der Waals surface area (Å²) in [6, 6.07) is 1.38. The van der Waals surface area contributed by atoms with Crippen LogP contribution >= 0.6 is 15.9 Å². The highest BCUT2D eigenvalue weighted by atomic mass is 79.9. The average molecular weight is 378 g/mol. The molecule has 1 heterocycles. The molecule has 2 aromatic rings. The van der Waals surface area contributed by atoms with E-state index >= 15 is 0 Å². The van der Waals surface area contributed by atoms with Gasteiger partial charge in [0.05, 0.1) is 22.8 Å². The summed E-state index contributed by atoms with van der Waals surface area (Å²) in [4.78, 5) is 3.80. The maximum Gasteiger partial charge on any atom is 0.242 e. The van der Waals surface area contributed by atoms with E-state index < -0.39 is 21.9 Å². The summed E-state index contributed by atoms with van der Waals surface area (Å²) in [5, 5.41) is 0. The van der Waals surface area contributed by atoms with Crippen molar-refractivity contribution >= 4 is 31.6 Å². The van der Waals surface area contributed by atoms with Crippen LogP contribution in [0.15, 0.2) is 32.1 Å². The first-order valence-electron chi connectivity index (χ1n) is 5.90. The number of halogens is 2. The van der Waals surface area contributed by atoms with Gasteiger partial charge >= 0.3 is 0 Å². The number of aromatic nitrogens is 1. The average Bonchev–Trinajstić information content (AvgIpc) is 2.80. The van der Waals surface area contributed by atoms with Gasteiger partial charge in [0, 0.05) is 4.47 Å². The molecular weight excluding hydrogens is 365 g/mol. The fourth-order valence-corrected chi connectivity index (χ4v) is 3.92. The molecule has 9 heteroatoms. The molecule has 0 spiro atoms. The van der Waals surface area contributed by atoms with Crippen LogP contribution < -0.4 is 10.5 Å². The van der Waals surface area contributed by atoms with E-state index in [1.54, 1.807) is 13.8 Å². The highest BCUT2D eigenvalue weighted by Crippen LogP contribution is 2.27. The Kier molecular flexibility index (Phi) is 4.35. The highest BCUT2D eigenvalue weighted by molar-refractivity contribution is 9.10. The van der Waals surface area contributed by atoms with Crippen molar-refractivity contribution in [2.75, 3.05) is 5.73 Å². The summed E-state index contributed by atoms with van der Waals surface area (Å²) in [6.07, 6.45) is 1.49. The minimum atomic E-state index is -3.91. The van der Waals surface area contributed by atoms with E-state index in [-0.39, 0.29) is 20.9 Å². The number of benzene rings is 1. The van der Waals surface area contributed by atoms with Gasteiger partial charge in [-0.15, -0.1) is 0 Å². The van der Waals surface area contributed by atoms with Crippen molar-refractivity contribution in [3.8, 4) is 0 Å². The second-order valence-corrected chi connectivity index (χ2v) is 6.99. The molecule has 21 heavy (non-hydrogen) atoms. The first-order chi connectivity index (χ1) is 9.70. The molecule has 0 saturated carbocycles. The first-order valence-corrected chi connectivity index (χ1v) is 8.17. The molecule has 0 fully saturated rings. The fourth-order valence-electron chi connectivity index (χ4n) is 1.67. The molecule has 0 aliphatic heterocycles. The molecule has 1 aromatic carbocycles. The molecule has 0 aliphatic rings. The molecule has 3 N–H and O–H groups in total. The van der Waals surface area contributed by atoms with Gasteiger partial charge in [-0.05, 0) is 41.9 Å². The topological polar surface area (TPSA) is 98.2 Å². The molecule has 0 amide bonds. The molecule has 0 aliphatic carbocycles. The molecule has 1 unspecified atom stereocenters. The lowest BCUT2D eigenvalue weighted by Crippen LogP contribution is -2.27. The zero-order valence-electron chi connectivity index (χ0n) is 11.2. The van der Waals surface area contributed by atoms with Crippen molar-refractivity contribution in [2.45, 2.75) is 24.8 Å². The molecule has 1 atom stereocenters. The third-order valence-electron chi connectivity index (χ3n) is 2.68. The molecule has 0 radical (unpaired) electrons. The van der Waals surface area contributed by atoms with Gasteiger partial charge in [-0.2, -0.15) is 4.72 Å². The second kappa shape index (κ2) is 5.74. The van der Waals surface area contributed by atoms with Crippen molar-refractivity contribution in [1.82, 2.24) is 9.71 Å². The van der Waals surface area contributed by atoms with Crippen molar-refractivity contribution in [1.29, 1.82) is 0 Å². The van der Waals surface area contributed by atoms with E-state index in [4.69, 9.17) is 10.2 Å². The standard InChI is InChI=1S/C12H13BrFN3O3S/c1-6-5-16-12(20-6)7(2)17-21(18,19)11-4-10(15)9(14)3-8(11)13/h3-5,7,17H,15H2,1-2H3. The number of oxazole rings is 1. The lowest BCUT2D eigenvalue weighted by atomic mass is 10.3. The van der Waals surface area contributed by atoms with Crippen LogP contribution in [0.25, 0.3) is 0 Å². The SMILES string of the molecule is Cc1cnc(C(C)NS(=O)(=O)c2cc(N)c(F)cc2Br)o1. The molecule has 0 bridgehead atoms. The Labute approximate surface area is 129 Å². The van der Waals surface area contributed by atoms with Crippen LogP contribution in [0, 0.1) is 12.7 Å². The largest absolute Gasteiger partial charge is 0.444 e. The van der Waals surface area contributed by atoms with E-state index in [1.165, 1.54) is 6.20 Å². The van der Waals surface area contributed by atoms with E-state index in [0.29, 0.717) is 5.76 Å². The number of nitrogens with zero attached hydrogens (tertiary/aromatic N) is 1. The number of anilines is 1.